The van der Waals surface area contributed by atoms with Gasteiger partial charge in [0.1, 0.15) is 0 Å². The van der Waals surface area contributed by atoms with Crippen LogP contribution in [-0.4, -0.2) is 14.5 Å². The maximum atomic E-state index is 5.49. The van der Waals surface area contributed by atoms with Crippen LogP contribution in [0.25, 0.3) is 72.4 Å². The van der Waals surface area contributed by atoms with Crippen molar-refractivity contribution in [2.24, 2.45) is 0 Å². The summed E-state index contributed by atoms with van der Waals surface area (Å²) in [6.07, 6.45) is 0. The van der Waals surface area contributed by atoms with Crippen molar-refractivity contribution in [1.82, 2.24) is 14.5 Å². The molecule has 10 rings (SSSR count). The minimum absolute atomic E-state index is 0.174. The molecular weight excluding hydrogens is 595 g/mol. The number of nitrogens with zero attached hydrogens (tertiary/aromatic N) is 3. The van der Waals surface area contributed by atoms with Gasteiger partial charge in [0, 0.05) is 38.3 Å². The molecule has 0 saturated carbocycles. The third-order valence-electron chi connectivity index (χ3n) is 11.2. The first-order chi connectivity index (χ1) is 23.9. The van der Waals surface area contributed by atoms with E-state index in [0.717, 1.165) is 39.6 Å². The normalized spacial score (nSPS) is 14.9. The number of aromatic nitrogens is 3. The smallest absolute Gasteiger partial charge is 0.160 e. The molecule has 0 aliphatic heterocycles. The van der Waals surface area contributed by atoms with Gasteiger partial charge in [0.2, 0.25) is 0 Å². The third kappa shape index (κ3) is 3.73. The van der Waals surface area contributed by atoms with Crippen LogP contribution in [0.15, 0.2) is 140 Å². The van der Waals surface area contributed by atoms with Crippen LogP contribution in [0.2, 0.25) is 0 Å². The van der Waals surface area contributed by atoms with Gasteiger partial charge in [-0.25, -0.2) is 9.97 Å². The van der Waals surface area contributed by atoms with E-state index in [0.29, 0.717) is 0 Å². The maximum Gasteiger partial charge on any atom is 0.160 e. The van der Waals surface area contributed by atoms with E-state index in [4.69, 9.17) is 9.97 Å². The fourth-order valence-electron chi connectivity index (χ4n) is 8.88. The molecule has 0 saturated heterocycles. The van der Waals surface area contributed by atoms with Gasteiger partial charge in [-0.05, 0) is 45.5 Å². The number of rotatable bonds is 3. The maximum absolute atomic E-state index is 5.49. The second-order valence-electron chi connectivity index (χ2n) is 14.6. The Morgan fingerprint density at radius 2 is 1.12 bits per heavy atom. The van der Waals surface area contributed by atoms with Crippen LogP contribution in [0.5, 0.6) is 0 Å². The zero-order valence-corrected chi connectivity index (χ0v) is 28.1. The van der Waals surface area contributed by atoms with Crippen molar-refractivity contribution in [3.8, 4) is 50.6 Å². The van der Waals surface area contributed by atoms with E-state index in [-0.39, 0.29) is 10.8 Å². The summed E-state index contributed by atoms with van der Waals surface area (Å²) in [4.78, 5) is 10.8. The minimum atomic E-state index is -0.272. The van der Waals surface area contributed by atoms with Crippen molar-refractivity contribution < 1.29 is 0 Å². The largest absolute Gasteiger partial charge is 0.308 e. The van der Waals surface area contributed by atoms with Gasteiger partial charge in [0.05, 0.1) is 28.1 Å². The lowest BCUT2D eigenvalue weighted by Gasteiger charge is -2.24. The van der Waals surface area contributed by atoms with Crippen LogP contribution in [0, 0.1) is 0 Å². The average Bonchev–Trinajstić information content (AvgIpc) is 3.69. The van der Waals surface area contributed by atoms with Gasteiger partial charge < -0.3 is 4.57 Å². The highest BCUT2D eigenvalue weighted by atomic mass is 15.0. The Bertz CT molecular complexity index is 2660. The molecule has 0 spiro atoms. The Labute approximate surface area is 286 Å². The molecular formula is C46H35N3. The van der Waals surface area contributed by atoms with Crippen LogP contribution < -0.4 is 0 Å². The molecule has 6 aromatic carbocycles. The lowest BCUT2D eigenvalue weighted by molar-refractivity contribution is 0.636. The number of hydrogen-bond acceptors (Lipinski definition) is 2. The molecule has 0 amide bonds. The zero-order valence-electron chi connectivity index (χ0n) is 28.1. The van der Waals surface area contributed by atoms with E-state index in [1.165, 1.54) is 55.2 Å². The highest BCUT2D eigenvalue weighted by Gasteiger charge is 2.41. The number of fused-ring (bicyclic) bond motifs is 10. The van der Waals surface area contributed by atoms with E-state index < -0.39 is 0 Å². The highest BCUT2D eigenvalue weighted by molar-refractivity contribution is 6.13. The summed E-state index contributed by atoms with van der Waals surface area (Å²) in [6.45, 7) is 9.36. The van der Waals surface area contributed by atoms with Crippen LogP contribution in [0.4, 0.5) is 0 Å². The van der Waals surface area contributed by atoms with Crippen molar-refractivity contribution in [1.29, 1.82) is 0 Å². The van der Waals surface area contributed by atoms with E-state index in [1.807, 2.05) is 6.07 Å². The summed E-state index contributed by atoms with van der Waals surface area (Å²) in [6, 6.07) is 50.5. The van der Waals surface area contributed by atoms with Crippen LogP contribution >= 0.6 is 0 Å². The molecule has 0 bridgehead atoms. The van der Waals surface area contributed by atoms with Gasteiger partial charge in [-0.2, -0.15) is 0 Å². The van der Waals surface area contributed by atoms with Gasteiger partial charge >= 0.3 is 0 Å². The van der Waals surface area contributed by atoms with Crippen molar-refractivity contribution in [3.05, 3.63) is 162 Å². The van der Waals surface area contributed by atoms with Crippen molar-refractivity contribution in [2.45, 2.75) is 38.5 Å². The van der Waals surface area contributed by atoms with Crippen LogP contribution in [0.1, 0.15) is 50.1 Å². The second kappa shape index (κ2) is 9.87. The minimum Gasteiger partial charge on any atom is -0.308 e. The molecule has 0 fully saturated rings. The fourth-order valence-corrected chi connectivity index (χ4v) is 8.88. The zero-order chi connectivity index (χ0) is 33.1. The molecule has 0 radical (unpaired) electrons. The Morgan fingerprint density at radius 3 is 1.92 bits per heavy atom. The molecule has 2 aliphatic carbocycles. The molecule has 3 nitrogen and oxygen atoms in total. The standard InChI is InChI=1S/C46H35N3/c1-45(2)35-22-12-8-18-29(35)31-26-27-32-30-19-10-14-24-37(30)49(42(32)40(31)45)38-25-15-11-21-34(38)41-39-33-20-9-13-23-36(33)46(3,4)43(39)48-44(47-41)28-16-6-5-7-17-28/h5-27H,1-4H3. The molecule has 0 unspecified atom stereocenters. The summed E-state index contributed by atoms with van der Waals surface area (Å²) >= 11 is 0. The molecule has 234 valence electrons. The Kier molecular flexibility index (Phi) is 5.69. The van der Waals surface area contributed by atoms with Crippen molar-refractivity contribution in [3.63, 3.8) is 0 Å². The topological polar surface area (TPSA) is 30.7 Å². The Hall–Kier alpha value is -5.80. The monoisotopic (exact) mass is 629 g/mol. The predicted octanol–water partition coefficient (Wildman–Crippen LogP) is 11.5. The average molecular weight is 630 g/mol. The number of benzene rings is 6. The van der Waals surface area contributed by atoms with E-state index in [1.54, 1.807) is 0 Å². The van der Waals surface area contributed by atoms with Gasteiger partial charge in [0.25, 0.3) is 0 Å². The molecule has 2 aliphatic rings. The molecule has 3 heteroatoms. The lowest BCUT2D eigenvalue weighted by Crippen LogP contribution is -2.18. The van der Waals surface area contributed by atoms with Crippen molar-refractivity contribution in [2.75, 3.05) is 0 Å². The Balaban J connectivity index is 1.34. The van der Waals surface area contributed by atoms with Gasteiger partial charge in [-0.3, -0.25) is 0 Å². The molecule has 8 aromatic rings. The second-order valence-corrected chi connectivity index (χ2v) is 14.6. The van der Waals surface area contributed by atoms with E-state index >= 15 is 0 Å². The summed E-state index contributed by atoms with van der Waals surface area (Å²) in [5.41, 5.74) is 16.3. The third-order valence-corrected chi connectivity index (χ3v) is 11.2. The molecule has 2 aromatic heterocycles. The summed E-state index contributed by atoms with van der Waals surface area (Å²) in [5.74, 6) is 0.754. The van der Waals surface area contributed by atoms with E-state index in [9.17, 15) is 0 Å². The molecule has 49 heavy (non-hydrogen) atoms. The summed E-state index contributed by atoms with van der Waals surface area (Å²) in [5, 5.41) is 2.53. The lowest BCUT2D eigenvalue weighted by atomic mass is 9.81. The number of hydrogen-bond donors (Lipinski definition) is 0. The molecule has 0 atom stereocenters. The summed E-state index contributed by atoms with van der Waals surface area (Å²) in [7, 11) is 0. The van der Waals surface area contributed by atoms with Crippen LogP contribution in [0.3, 0.4) is 0 Å². The fraction of sp³-hybridized carbons (Fsp3) is 0.130. The van der Waals surface area contributed by atoms with Crippen LogP contribution in [-0.2, 0) is 10.8 Å². The quantitative estimate of drug-likeness (QED) is 0.195. The number of para-hydroxylation sites is 2. The van der Waals surface area contributed by atoms with Gasteiger partial charge in [-0.1, -0.05) is 155 Å². The molecule has 2 heterocycles. The highest BCUT2D eigenvalue weighted by Crippen LogP contribution is 2.55. The van der Waals surface area contributed by atoms with E-state index in [2.05, 4.69) is 166 Å². The Morgan fingerprint density at radius 1 is 0.490 bits per heavy atom. The summed E-state index contributed by atoms with van der Waals surface area (Å²) < 4.78 is 2.52. The SMILES string of the molecule is CC1(C)c2ccccc2-c2c(-c3ccccc3-n3c4ccccc4c4ccc5c(c43)C(C)(C)c3ccccc3-5)nc(-c3ccccc3)nc21. The molecule has 0 N–H and O–H groups in total. The van der Waals surface area contributed by atoms with Gasteiger partial charge in [0.15, 0.2) is 5.82 Å². The van der Waals surface area contributed by atoms with Gasteiger partial charge in [-0.15, -0.1) is 0 Å². The first-order valence-corrected chi connectivity index (χ1v) is 17.2. The predicted molar refractivity (Wildman–Crippen MR) is 202 cm³/mol. The van der Waals surface area contributed by atoms with Crippen molar-refractivity contribution >= 4 is 21.8 Å². The first kappa shape index (κ1) is 28.2. The first-order valence-electron chi connectivity index (χ1n) is 17.2.